The molecule has 26 heavy (non-hydrogen) atoms. The summed E-state index contributed by atoms with van der Waals surface area (Å²) in [5.74, 6) is -0.332. The van der Waals surface area contributed by atoms with Gasteiger partial charge in [-0.25, -0.2) is 0 Å². The molecule has 134 valence electrons. The summed E-state index contributed by atoms with van der Waals surface area (Å²) in [6.07, 6.45) is 0. The third kappa shape index (κ3) is 3.62. The Balaban J connectivity index is 1.90. The second-order valence-electron chi connectivity index (χ2n) is 5.97. The molecule has 1 heterocycles. The third-order valence-electron chi connectivity index (χ3n) is 4.10. The van der Waals surface area contributed by atoms with Gasteiger partial charge in [0.15, 0.2) is 12.4 Å². The summed E-state index contributed by atoms with van der Waals surface area (Å²) in [6.45, 7) is 2.93. The van der Waals surface area contributed by atoms with Crippen molar-refractivity contribution >= 4 is 44.9 Å². The second kappa shape index (κ2) is 7.29. The first-order chi connectivity index (χ1) is 12.4. The zero-order valence-corrected chi connectivity index (χ0v) is 15.9. The van der Waals surface area contributed by atoms with E-state index in [-0.39, 0.29) is 24.2 Å². The van der Waals surface area contributed by atoms with Gasteiger partial charge < -0.3 is 10.1 Å². The van der Waals surface area contributed by atoms with Crippen molar-refractivity contribution in [2.75, 3.05) is 16.8 Å². The quantitative estimate of drug-likeness (QED) is 0.774. The van der Waals surface area contributed by atoms with E-state index in [0.29, 0.717) is 22.7 Å². The number of halogens is 1. The van der Waals surface area contributed by atoms with E-state index in [1.165, 1.54) is 11.8 Å². The van der Waals surface area contributed by atoms with Crippen LogP contribution in [0.4, 0.5) is 11.4 Å². The fourth-order valence-corrected chi connectivity index (χ4v) is 3.14. The van der Waals surface area contributed by atoms with Gasteiger partial charge in [0.2, 0.25) is 5.91 Å². The fraction of sp³-hybridized carbons (Fsp3) is 0.211. The van der Waals surface area contributed by atoms with E-state index in [1.54, 1.807) is 43.3 Å². The number of ketones is 1. The number of amides is 2. The van der Waals surface area contributed by atoms with Crippen LogP contribution in [-0.4, -0.2) is 30.2 Å². The zero-order valence-electron chi connectivity index (χ0n) is 14.3. The van der Waals surface area contributed by atoms with E-state index in [2.05, 4.69) is 21.2 Å². The lowest BCUT2D eigenvalue weighted by molar-refractivity contribution is -0.125. The van der Waals surface area contributed by atoms with Crippen molar-refractivity contribution in [1.29, 1.82) is 0 Å². The molecular formula is C19H17BrN2O4. The highest BCUT2D eigenvalue weighted by atomic mass is 79.9. The summed E-state index contributed by atoms with van der Waals surface area (Å²) in [4.78, 5) is 38.1. The maximum absolute atomic E-state index is 12.7. The summed E-state index contributed by atoms with van der Waals surface area (Å²) in [5.41, 5.74) is 1.49. The van der Waals surface area contributed by atoms with Gasteiger partial charge in [0.25, 0.3) is 5.91 Å². The predicted octanol–water partition coefficient (Wildman–Crippen LogP) is 3.40. The first-order valence-corrected chi connectivity index (χ1v) is 8.82. The van der Waals surface area contributed by atoms with E-state index < -0.39 is 6.04 Å². The van der Waals surface area contributed by atoms with Crippen molar-refractivity contribution in [1.82, 2.24) is 0 Å². The Hall–Kier alpha value is -2.67. The van der Waals surface area contributed by atoms with Gasteiger partial charge in [-0.2, -0.15) is 0 Å². The van der Waals surface area contributed by atoms with Gasteiger partial charge in [-0.15, -0.1) is 0 Å². The molecule has 0 spiro atoms. The van der Waals surface area contributed by atoms with Gasteiger partial charge >= 0.3 is 0 Å². The Kier molecular flexibility index (Phi) is 5.08. The lowest BCUT2D eigenvalue weighted by Gasteiger charge is -2.33. The molecule has 0 radical (unpaired) electrons. The minimum absolute atomic E-state index is 0.128. The average molecular weight is 417 g/mol. The van der Waals surface area contributed by atoms with Crippen LogP contribution in [0.2, 0.25) is 0 Å². The van der Waals surface area contributed by atoms with Crippen molar-refractivity contribution in [3.8, 4) is 5.75 Å². The van der Waals surface area contributed by atoms with E-state index in [4.69, 9.17) is 4.74 Å². The maximum Gasteiger partial charge on any atom is 0.265 e. The van der Waals surface area contributed by atoms with E-state index in [0.717, 1.165) is 4.47 Å². The van der Waals surface area contributed by atoms with Crippen molar-refractivity contribution in [2.24, 2.45) is 0 Å². The molecule has 0 aliphatic carbocycles. The van der Waals surface area contributed by atoms with E-state index in [1.807, 2.05) is 6.07 Å². The molecule has 1 aliphatic rings. The molecule has 7 heteroatoms. The number of rotatable bonds is 4. The van der Waals surface area contributed by atoms with Crippen LogP contribution < -0.4 is 15.0 Å². The van der Waals surface area contributed by atoms with Crippen LogP contribution in [0.25, 0.3) is 0 Å². The van der Waals surface area contributed by atoms with Gasteiger partial charge in [0.1, 0.15) is 11.8 Å². The van der Waals surface area contributed by atoms with E-state index >= 15 is 0 Å². The largest absolute Gasteiger partial charge is 0.482 e. The van der Waals surface area contributed by atoms with E-state index in [9.17, 15) is 14.4 Å². The first-order valence-electron chi connectivity index (χ1n) is 8.03. The molecule has 2 aromatic carbocycles. The summed E-state index contributed by atoms with van der Waals surface area (Å²) >= 11 is 3.35. The number of nitrogens with zero attached hydrogens (tertiary/aromatic N) is 1. The third-order valence-corrected chi connectivity index (χ3v) is 4.60. The van der Waals surface area contributed by atoms with Crippen molar-refractivity contribution in [3.05, 3.63) is 52.5 Å². The van der Waals surface area contributed by atoms with Crippen molar-refractivity contribution in [2.45, 2.75) is 19.9 Å². The van der Waals surface area contributed by atoms with Crippen LogP contribution in [0.15, 0.2) is 46.9 Å². The predicted molar refractivity (Wildman–Crippen MR) is 102 cm³/mol. The van der Waals surface area contributed by atoms with Crippen LogP contribution in [-0.2, 0) is 9.59 Å². The molecule has 1 aliphatic heterocycles. The van der Waals surface area contributed by atoms with Crippen molar-refractivity contribution < 1.29 is 19.1 Å². The molecule has 6 nitrogen and oxygen atoms in total. The maximum atomic E-state index is 12.7. The lowest BCUT2D eigenvalue weighted by atomic mass is 10.1. The lowest BCUT2D eigenvalue weighted by Crippen LogP contribution is -2.49. The van der Waals surface area contributed by atoms with Gasteiger partial charge in [-0.1, -0.05) is 22.0 Å². The molecule has 0 fully saturated rings. The second-order valence-corrected chi connectivity index (χ2v) is 6.88. The standard InChI is InChI=1S/C19H17BrN2O4/c1-11(19(25)21-15-5-3-4-14(20)9-15)22-16-8-13(12(2)23)6-7-17(16)26-10-18(22)24/h3-9,11H,10H2,1-2H3,(H,21,25). The van der Waals surface area contributed by atoms with Gasteiger partial charge in [-0.3, -0.25) is 19.3 Å². The van der Waals surface area contributed by atoms with Crippen LogP contribution in [0, 0.1) is 0 Å². The van der Waals surface area contributed by atoms with Crippen LogP contribution in [0.1, 0.15) is 24.2 Å². The number of ether oxygens (including phenoxy) is 1. The van der Waals surface area contributed by atoms with Crippen molar-refractivity contribution in [3.63, 3.8) is 0 Å². The number of benzene rings is 2. The number of carbonyl (C=O) groups is 3. The summed E-state index contributed by atoms with van der Waals surface area (Å²) in [5, 5.41) is 2.80. The molecule has 0 bridgehead atoms. The number of anilines is 2. The molecule has 1 unspecified atom stereocenters. The molecule has 2 aromatic rings. The topological polar surface area (TPSA) is 75.7 Å². The monoisotopic (exact) mass is 416 g/mol. The Morgan fingerprint density at radius 3 is 2.69 bits per heavy atom. The summed E-state index contributed by atoms with van der Waals surface area (Å²) in [7, 11) is 0. The molecule has 1 atom stereocenters. The first kappa shape index (κ1) is 18.1. The average Bonchev–Trinajstić information content (AvgIpc) is 2.60. The molecule has 0 saturated carbocycles. The number of hydrogen-bond donors (Lipinski definition) is 1. The van der Waals surface area contributed by atoms with Gasteiger partial charge in [0, 0.05) is 15.7 Å². The van der Waals surface area contributed by atoms with Crippen LogP contribution in [0.5, 0.6) is 5.75 Å². The number of Topliss-reactive ketones (excluding diaryl/α,β-unsaturated/α-hetero) is 1. The normalized spacial score (nSPS) is 14.3. The number of fused-ring (bicyclic) bond motifs is 1. The van der Waals surface area contributed by atoms with Crippen LogP contribution in [0.3, 0.4) is 0 Å². The molecule has 2 amide bonds. The minimum atomic E-state index is -0.772. The van der Waals surface area contributed by atoms with Crippen LogP contribution >= 0.6 is 15.9 Å². The summed E-state index contributed by atoms with van der Waals surface area (Å²) in [6, 6.07) is 11.3. The number of hydrogen-bond acceptors (Lipinski definition) is 4. The highest BCUT2D eigenvalue weighted by Crippen LogP contribution is 2.34. The highest BCUT2D eigenvalue weighted by Gasteiger charge is 2.33. The van der Waals surface area contributed by atoms with Gasteiger partial charge in [0.05, 0.1) is 5.69 Å². The minimum Gasteiger partial charge on any atom is -0.482 e. The fourth-order valence-electron chi connectivity index (χ4n) is 2.74. The highest BCUT2D eigenvalue weighted by molar-refractivity contribution is 9.10. The molecular weight excluding hydrogens is 400 g/mol. The number of carbonyl (C=O) groups excluding carboxylic acids is 3. The Bertz CT molecular complexity index is 897. The number of nitrogens with one attached hydrogen (secondary N) is 1. The SMILES string of the molecule is CC(=O)c1ccc2c(c1)N(C(C)C(=O)Nc1cccc(Br)c1)C(=O)CO2. The molecule has 0 aromatic heterocycles. The Labute approximate surface area is 159 Å². The van der Waals surface area contributed by atoms with Gasteiger partial charge in [-0.05, 0) is 50.2 Å². The molecule has 0 saturated heterocycles. The Morgan fingerprint density at radius 1 is 1.23 bits per heavy atom. The molecule has 3 rings (SSSR count). The smallest absolute Gasteiger partial charge is 0.265 e. The Morgan fingerprint density at radius 2 is 2.00 bits per heavy atom. The molecule has 1 N–H and O–H groups in total. The summed E-state index contributed by atoms with van der Waals surface area (Å²) < 4.78 is 6.26. The zero-order chi connectivity index (χ0) is 18.8.